The van der Waals surface area contributed by atoms with Crippen LogP contribution < -0.4 is 9.47 Å². The predicted molar refractivity (Wildman–Crippen MR) is 105 cm³/mol. The lowest BCUT2D eigenvalue weighted by molar-refractivity contribution is 0.0945. The summed E-state index contributed by atoms with van der Waals surface area (Å²) in [6.45, 7) is 7.19. The standard InChI is InChI=1S/C19H23BrN2O3S/c1-12-13(2)22(10-15-4-3-5-23-15)19(21-12)26-11-14-8-17-18(9-16(14)20)25-7-6-24-17/h8-9,15H,3-7,10-11H2,1-2H3. The zero-order valence-corrected chi connectivity index (χ0v) is 17.5. The molecular formula is C19H23BrN2O3S. The van der Waals surface area contributed by atoms with Gasteiger partial charge in [0, 0.05) is 22.5 Å². The van der Waals surface area contributed by atoms with E-state index in [0.29, 0.717) is 19.3 Å². The molecule has 1 saturated heterocycles. The summed E-state index contributed by atoms with van der Waals surface area (Å²) in [5, 5.41) is 1.05. The number of ether oxygens (including phenoxy) is 3. The Labute approximate surface area is 166 Å². The van der Waals surface area contributed by atoms with Crippen LogP contribution in [0.1, 0.15) is 29.8 Å². The molecular weight excluding hydrogens is 416 g/mol. The maximum Gasteiger partial charge on any atom is 0.168 e. The van der Waals surface area contributed by atoms with Gasteiger partial charge in [0.2, 0.25) is 0 Å². The van der Waals surface area contributed by atoms with E-state index >= 15 is 0 Å². The first-order chi connectivity index (χ1) is 12.6. The molecule has 0 aliphatic carbocycles. The van der Waals surface area contributed by atoms with Crippen molar-refractivity contribution in [1.29, 1.82) is 0 Å². The van der Waals surface area contributed by atoms with Crippen LogP contribution in [0.5, 0.6) is 11.5 Å². The average Bonchev–Trinajstić information content (AvgIpc) is 3.24. The minimum atomic E-state index is 0.308. The molecule has 0 saturated carbocycles. The minimum Gasteiger partial charge on any atom is -0.486 e. The van der Waals surface area contributed by atoms with E-state index in [-0.39, 0.29) is 0 Å². The SMILES string of the molecule is Cc1nc(SCc2cc3c(cc2Br)OCCO3)n(CC2CCCO2)c1C. The maximum atomic E-state index is 5.82. The van der Waals surface area contributed by atoms with E-state index in [1.54, 1.807) is 11.8 Å². The summed E-state index contributed by atoms with van der Waals surface area (Å²) in [6, 6.07) is 4.07. The molecule has 0 amide bonds. The Morgan fingerprint density at radius 2 is 1.96 bits per heavy atom. The smallest absolute Gasteiger partial charge is 0.168 e. The van der Waals surface area contributed by atoms with Crippen molar-refractivity contribution in [2.45, 2.75) is 50.2 Å². The van der Waals surface area contributed by atoms with Gasteiger partial charge in [0.05, 0.1) is 18.3 Å². The summed E-state index contributed by atoms with van der Waals surface area (Å²) in [5.74, 6) is 2.45. The van der Waals surface area contributed by atoms with Crippen LogP contribution in [0.15, 0.2) is 21.8 Å². The molecule has 1 aromatic carbocycles. The Morgan fingerprint density at radius 3 is 2.69 bits per heavy atom. The predicted octanol–water partition coefficient (Wildman–Crippen LogP) is 4.50. The summed E-state index contributed by atoms with van der Waals surface area (Å²) in [7, 11) is 0. The van der Waals surface area contributed by atoms with E-state index in [9.17, 15) is 0 Å². The van der Waals surface area contributed by atoms with Gasteiger partial charge in [-0.15, -0.1) is 0 Å². The van der Waals surface area contributed by atoms with Crippen LogP contribution in [0.25, 0.3) is 0 Å². The second-order valence-electron chi connectivity index (χ2n) is 6.69. The molecule has 4 rings (SSSR count). The van der Waals surface area contributed by atoms with Gasteiger partial charge in [-0.2, -0.15) is 0 Å². The summed E-state index contributed by atoms with van der Waals surface area (Å²) in [4.78, 5) is 4.78. The third-order valence-electron chi connectivity index (χ3n) is 4.90. The number of halogens is 1. The number of hydrogen-bond acceptors (Lipinski definition) is 5. The first kappa shape index (κ1) is 18.2. The van der Waals surface area contributed by atoms with Crippen LogP contribution in [0.2, 0.25) is 0 Å². The molecule has 5 nitrogen and oxygen atoms in total. The molecule has 0 bridgehead atoms. The van der Waals surface area contributed by atoms with Gasteiger partial charge in [-0.25, -0.2) is 4.98 Å². The maximum absolute atomic E-state index is 5.82. The molecule has 26 heavy (non-hydrogen) atoms. The van der Waals surface area contributed by atoms with Gasteiger partial charge in [-0.05, 0) is 44.4 Å². The summed E-state index contributed by atoms with van der Waals surface area (Å²) in [5.41, 5.74) is 3.50. The van der Waals surface area contributed by atoms with Gasteiger partial charge >= 0.3 is 0 Å². The van der Waals surface area contributed by atoms with E-state index in [1.165, 1.54) is 11.3 Å². The number of aromatic nitrogens is 2. The van der Waals surface area contributed by atoms with E-state index < -0.39 is 0 Å². The van der Waals surface area contributed by atoms with Gasteiger partial charge in [0.1, 0.15) is 13.2 Å². The van der Waals surface area contributed by atoms with E-state index in [4.69, 9.17) is 19.2 Å². The van der Waals surface area contributed by atoms with Crippen LogP contribution in [0.3, 0.4) is 0 Å². The molecule has 1 unspecified atom stereocenters. The van der Waals surface area contributed by atoms with E-state index in [1.807, 2.05) is 6.07 Å². The Morgan fingerprint density at radius 1 is 1.19 bits per heavy atom. The lowest BCUT2D eigenvalue weighted by Crippen LogP contribution is -2.16. The second-order valence-corrected chi connectivity index (χ2v) is 8.48. The number of fused-ring (bicyclic) bond motifs is 1. The topological polar surface area (TPSA) is 45.5 Å². The van der Waals surface area contributed by atoms with Crippen molar-refractivity contribution < 1.29 is 14.2 Å². The van der Waals surface area contributed by atoms with Crippen LogP contribution in [-0.4, -0.2) is 35.5 Å². The zero-order valence-electron chi connectivity index (χ0n) is 15.1. The third kappa shape index (κ3) is 3.75. The van der Waals surface area contributed by atoms with E-state index in [0.717, 1.165) is 58.6 Å². The number of hydrogen-bond donors (Lipinski definition) is 0. The zero-order chi connectivity index (χ0) is 18.1. The first-order valence-electron chi connectivity index (χ1n) is 8.98. The van der Waals surface area contributed by atoms with Gasteiger partial charge in [0.25, 0.3) is 0 Å². The molecule has 0 N–H and O–H groups in total. The van der Waals surface area contributed by atoms with Crippen LogP contribution in [0.4, 0.5) is 0 Å². The highest BCUT2D eigenvalue weighted by atomic mass is 79.9. The Hall–Kier alpha value is -1.18. The average molecular weight is 439 g/mol. The molecule has 0 spiro atoms. The number of aryl methyl sites for hydroxylation is 1. The molecule has 1 atom stereocenters. The highest BCUT2D eigenvalue weighted by Crippen LogP contribution is 2.38. The first-order valence-corrected chi connectivity index (χ1v) is 10.8. The lowest BCUT2D eigenvalue weighted by Gasteiger charge is -2.20. The monoisotopic (exact) mass is 438 g/mol. The Bertz CT molecular complexity index is 803. The summed E-state index contributed by atoms with van der Waals surface area (Å²) in [6.07, 6.45) is 2.60. The van der Waals surface area contributed by atoms with Crippen LogP contribution in [-0.2, 0) is 17.0 Å². The molecule has 7 heteroatoms. The number of thioether (sulfide) groups is 1. The molecule has 1 fully saturated rings. The van der Waals surface area contributed by atoms with Crippen molar-refractivity contribution >= 4 is 27.7 Å². The van der Waals surface area contributed by atoms with Gasteiger partial charge in [-0.3, -0.25) is 0 Å². The number of imidazole rings is 1. The highest BCUT2D eigenvalue weighted by Gasteiger charge is 2.21. The van der Waals surface area contributed by atoms with Crippen molar-refractivity contribution in [3.63, 3.8) is 0 Å². The number of nitrogens with zero attached hydrogens (tertiary/aromatic N) is 2. The fourth-order valence-corrected chi connectivity index (χ4v) is 5.04. The van der Waals surface area contributed by atoms with Gasteiger partial charge in [0.15, 0.2) is 16.7 Å². The van der Waals surface area contributed by atoms with Crippen LogP contribution >= 0.6 is 27.7 Å². The van der Waals surface area contributed by atoms with E-state index in [2.05, 4.69) is 40.4 Å². The lowest BCUT2D eigenvalue weighted by atomic mass is 10.2. The van der Waals surface area contributed by atoms with Crippen molar-refractivity contribution in [2.75, 3.05) is 19.8 Å². The Kier molecular flexibility index (Phi) is 5.47. The van der Waals surface area contributed by atoms with Gasteiger partial charge in [-0.1, -0.05) is 27.7 Å². The second kappa shape index (κ2) is 7.82. The van der Waals surface area contributed by atoms with Crippen LogP contribution in [0, 0.1) is 13.8 Å². The largest absolute Gasteiger partial charge is 0.486 e. The van der Waals surface area contributed by atoms with Gasteiger partial charge < -0.3 is 18.8 Å². The normalized spacial score (nSPS) is 19.1. The fraction of sp³-hybridized carbons (Fsp3) is 0.526. The van der Waals surface area contributed by atoms with Crippen molar-refractivity contribution in [3.8, 4) is 11.5 Å². The molecule has 2 aliphatic heterocycles. The molecule has 1 aromatic heterocycles. The van der Waals surface area contributed by atoms with Crippen molar-refractivity contribution in [3.05, 3.63) is 33.6 Å². The summed E-state index contributed by atoms with van der Waals surface area (Å²) >= 11 is 5.42. The molecule has 0 radical (unpaired) electrons. The fourth-order valence-electron chi connectivity index (χ4n) is 3.30. The molecule has 2 aromatic rings. The molecule has 2 aliphatic rings. The van der Waals surface area contributed by atoms with Crippen molar-refractivity contribution in [2.24, 2.45) is 0 Å². The van der Waals surface area contributed by atoms with Crippen molar-refractivity contribution in [1.82, 2.24) is 9.55 Å². The number of benzene rings is 1. The summed E-state index contributed by atoms with van der Waals surface area (Å²) < 4.78 is 20.5. The Balaban J connectivity index is 1.52. The molecule has 3 heterocycles. The third-order valence-corrected chi connectivity index (χ3v) is 6.66. The number of rotatable bonds is 5. The quantitative estimate of drug-likeness (QED) is 0.642. The molecule has 140 valence electrons. The minimum absolute atomic E-state index is 0.308. The highest BCUT2D eigenvalue weighted by molar-refractivity contribution is 9.10.